The Balaban J connectivity index is 1.32. The number of carbonyl (C=O) groups is 1. The lowest BCUT2D eigenvalue weighted by molar-refractivity contribution is -0.121. The molecule has 9 heteroatoms. The first-order chi connectivity index (χ1) is 16.9. The fourth-order valence-corrected chi connectivity index (χ4v) is 4.99. The van der Waals surface area contributed by atoms with E-state index >= 15 is 0 Å². The van der Waals surface area contributed by atoms with E-state index in [9.17, 15) is 4.79 Å². The summed E-state index contributed by atoms with van der Waals surface area (Å²) in [6.07, 6.45) is 12.0. The molecule has 35 heavy (non-hydrogen) atoms. The van der Waals surface area contributed by atoms with Crippen molar-refractivity contribution in [2.75, 3.05) is 54.9 Å². The lowest BCUT2D eigenvalue weighted by Gasteiger charge is -2.46. The van der Waals surface area contributed by atoms with E-state index in [-0.39, 0.29) is 17.5 Å². The number of amides is 1. The Morgan fingerprint density at radius 2 is 1.91 bits per heavy atom. The van der Waals surface area contributed by atoms with Crippen LogP contribution in [0.4, 0.5) is 23.3 Å². The summed E-state index contributed by atoms with van der Waals surface area (Å²) >= 11 is 0. The lowest BCUT2D eigenvalue weighted by Crippen LogP contribution is -2.57. The van der Waals surface area contributed by atoms with Crippen LogP contribution in [0.2, 0.25) is 0 Å². The number of rotatable bonds is 3. The van der Waals surface area contributed by atoms with Gasteiger partial charge in [-0.25, -0.2) is 9.97 Å². The summed E-state index contributed by atoms with van der Waals surface area (Å²) in [6, 6.07) is 3.74. The number of hydrogen-bond donors (Lipinski definition) is 2. The molecule has 2 aromatic heterocycles. The summed E-state index contributed by atoms with van der Waals surface area (Å²) < 4.78 is 0. The van der Waals surface area contributed by atoms with Crippen LogP contribution in [0.15, 0.2) is 30.6 Å². The van der Waals surface area contributed by atoms with Crippen LogP contribution in [-0.2, 0) is 4.79 Å². The number of nitrogens with zero attached hydrogens (tertiary/aromatic N) is 6. The Labute approximate surface area is 207 Å². The molecule has 0 aromatic carbocycles. The van der Waals surface area contributed by atoms with Gasteiger partial charge in [0.1, 0.15) is 17.7 Å². The van der Waals surface area contributed by atoms with Crippen molar-refractivity contribution in [1.29, 1.82) is 0 Å². The highest BCUT2D eigenvalue weighted by Gasteiger charge is 2.32. The van der Waals surface area contributed by atoms with E-state index < -0.39 is 0 Å². The molecule has 0 radical (unpaired) electrons. The second-order valence-corrected chi connectivity index (χ2v) is 10.4. The molecular weight excluding hydrogens is 440 g/mol. The van der Waals surface area contributed by atoms with Crippen LogP contribution in [0.25, 0.3) is 6.08 Å². The second kappa shape index (κ2) is 9.81. The lowest BCUT2D eigenvalue weighted by atomic mass is 9.99. The molecule has 3 aliphatic rings. The molecule has 5 rings (SSSR count). The van der Waals surface area contributed by atoms with Crippen LogP contribution in [0.5, 0.6) is 0 Å². The van der Waals surface area contributed by atoms with Gasteiger partial charge >= 0.3 is 0 Å². The maximum Gasteiger partial charge on any atom is 0.246 e. The minimum atomic E-state index is -0.339. The van der Waals surface area contributed by atoms with E-state index in [1.165, 1.54) is 0 Å². The Kier molecular flexibility index (Phi) is 6.60. The van der Waals surface area contributed by atoms with Gasteiger partial charge in [-0.3, -0.25) is 9.69 Å². The van der Waals surface area contributed by atoms with Crippen molar-refractivity contribution in [3.63, 3.8) is 0 Å². The molecule has 186 valence electrons. The standard InChI is InChI=1S/C26H36N8O/c1-26(2)18-33(15-14-32(26)3)20-9-11-22(28-17-20)30-25-29-16-19-8-10-21-24(35)27-12-6-4-5-7-13-34(21)23(19)31-25/h8-11,16-17,21H,4-7,12-15,18H2,1-3H3,(H,27,35)(H,28,29,30,31). The number of likely N-dealkylation sites (N-methyl/N-ethyl adjacent to an activating group) is 1. The summed E-state index contributed by atoms with van der Waals surface area (Å²) in [7, 11) is 2.18. The van der Waals surface area contributed by atoms with Crippen LogP contribution in [-0.4, -0.2) is 77.1 Å². The highest BCUT2D eigenvalue weighted by atomic mass is 16.2. The van der Waals surface area contributed by atoms with E-state index in [4.69, 9.17) is 4.98 Å². The summed E-state index contributed by atoms with van der Waals surface area (Å²) in [6.45, 7) is 9.04. The van der Waals surface area contributed by atoms with E-state index in [0.29, 0.717) is 11.8 Å². The molecule has 0 bridgehead atoms. The van der Waals surface area contributed by atoms with Gasteiger partial charge in [0.2, 0.25) is 11.9 Å². The molecule has 0 aliphatic carbocycles. The molecule has 0 saturated carbocycles. The molecule has 2 N–H and O–H groups in total. The average molecular weight is 477 g/mol. The van der Waals surface area contributed by atoms with Crippen molar-refractivity contribution in [2.45, 2.75) is 51.1 Å². The molecule has 2 saturated heterocycles. The van der Waals surface area contributed by atoms with Gasteiger partial charge in [0.15, 0.2) is 0 Å². The summed E-state index contributed by atoms with van der Waals surface area (Å²) in [5.74, 6) is 2.01. The van der Waals surface area contributed by atoms with E-state index in [1.807, 2.05) is 30.6 Å². The van der Waals surface area contributed by atoms with Gasteiger partial charge in [-0.05, 0) is 45.9 Å². The SMILES string of the molecule is CN1CCN(c2ccc(Nc3ncc4c(n3)N3CCCCCCNC(=O)C3C=C4)nc2)CC1(C)C. The molecule has 2 fully saturated rings. The van der Waals surface area contributed by atoms with Gasteiger partial charge in [0, 0.05) is 50.0 Å². The molecule has 9 nitrogen and oxygen atoms in total. The van der Waals surface area contributed by atoms with E-state index in [0.717, 1.165) is 75.5 Å². The summed E-state index contributed by atoms with van der Waals surface area (Å²) in [5.41, 5.74) is 2.17. The minimum absolute atomic E-state index is 0.0336. The molecule has 1 amide bonds. The molecule has 3 aliphatic heterocycles. The normalized spacial score (nSPS) is 22.7. The van der Waals surface area contributed by atoms with Gasteiger partial charge in [-0.2, -0.15) is 4.98 Å². The highest BCUT2D eigenvalue weighted by Crippen LogP contribution is 2.30. The highest BCUT2D eigenvalue weighted by molar-refractivity contribution is 5.91. The number of hydrogen-bond acceptors (Lipinski definition) is 8. The molecule has 1 atom stereocenters. The number of fused-ring (bicyclic) bond motifs is 3. The predicted molar refractivity (Wildman–Crippen MR) is 140 cm³/mol. The van der Waals surface area contributed by atoms with Crippen molar-refractivity contribution in [1.82, 2.24) is 25.2 Å². The van der Waals surface area contributed by atoms with Crippen LogP contribution in [0, 0.1) is 0 Å². The van der Waals surface area contributed by atoms with Gasteiger partial charge in [-0.1, -0.05) is 25.0 Å². The van der Waals surface area contributed by atoms with Gasteiger partial charge in [0.25, 0.3) is 0 Å². The fourth-order valence-electron chi connectivity index (χ4n) is 4.99. The van der Waals surface area contributed by atoms with E-state index in [2.05, 4.69) is 62.3 Å². The number of aromatic nitrogens is 3. The first-order valence-electron chi connectivity index (χ1n) is 12.7. The predicted octanol–water partition coefficient (Wildman–Crippen LogP) is 3.04. The van der Waals surface area contributed by atoms with Crippen molar-refractivity contribution in [3.8, 4) is 0 Å². The zero-order valence-corrected chi connectivity index (χ0v) is 21.0. The third-order valence-corrected chi connectivity index (χ3v) is 7.42. The second-order valence-electron chi connectivity index (χ2n) is 10.4. The zero-order valence-electron chi connectivity index (χ0n) is 21.0. The van der Waals surface area contributed by atoms with Crippen LogP contribution in [0.1, 0.15) is 45.1 Å². The third kappa shape index (κ3) is 5.10. The Bertz CT molecular complexity index is 1080. The number of nitrogens with one attached hydrogen (secondary N) is 2. The molecule has 2 aromatic rings. The number of piperazine rings is 1. The molecule has 0 spiro atoms. The Morgan fingerprint density at radius 1 is 1.06 bits per heavy atom. The van der Waals surface area contributed by atoms with Gasteiger partial charge < -0.3 is 20.4 Å². The zero-order chi connectivity index (χ0) is 24.4. The number of carbonyl (C=O) groups excluding carboxylic acids is 1. The number of pyridine rings is 1. The maximum absolute atomic E-state index is 12.8. The monoisotopic (exact) mass is 476 g/mol. The summed E-state index contributed by atoms with van der Waals surface area (Å²) in [5, 5.41) is 6.32. The van der Waals surface area contributed by atoms with Crippen LogP contribution < -0.4 is 20.4 Å². The smallest absolute Gasteiger partial charge is 0.246 e. The largest absolute Gasteiger partial charge is 0.367 e. The first-order valence-corrected chi connectivity index (χ1v) is 12.7. The van der Waals surface area contributed by atoms with Gasteiger partial charge in [0.05, 0.1) is 11.9 Å². The first kappa shape index (κ1) is 23.5. The Hall–Kier alpha value is -3.20. The topological polar surface area (TPSA) is 89.5 Å². The maximum atomic E-state index is 12.8. The minimum Gasteiger partial charge on any atom is -0.367 e. The van der Waals surface area contributed by atoms with Crippen molar-refractivity contribution in [3.05, 3.63) is 36.2 Å². The van der Waals surface area contributed by atoms with Crippen molar-refractivity contribution >= 4 is 35.3 Å². The number of anilines is 4. The van der Waals surface area contributed by atoms with Gasteiger partial charge in [-0.15, -0.1) is 0 Å². The van der Waals surface area contributed by atoms with E-state index in [1.54, 1.807) is 0 Å². The summed E-state index contributed by atoms with van der Waals surface area (Å²) in [4.78, 5) is 33.6. The van der Waals surface area contributed by atoms with Crippen molar-refractivity contribution in [2.24, 2.45) is 0 Å². The fraction of sp³-hybridized carbons (Fsp3) is 0.538. The van der Waals surface area contributed by atoms with Crippen LogP contribution >= 0.6 is 0 Å². The molecule has 1 unspecified atom stereocenters. The molecule has 5 heterocycles. The van der Waals surface area contributed by atoms with Crippen molar-refractivity contribution < 1.29 is 4.79 Å². The van der Waals surface area contributed by atoms with Crippen LogP contribution in [0.3, 0.4) is 0 Å². The molecular formula is C26H36N8O. The quantitative estimate of drug-likeness (QED) is 0.699. The third-order valence-electron chi connectivity index (χ3n) is 7.42. The average Bonchev–Trinajstić information content (AvgIpc) is 2.85. The Morgan fingerprint density at radius 3 is 2.71 bits per heavy atom.